The number of piperidine rings is 1. The highest BCUT2D eigenvalue weighted by molar-refractivity contribution is 9.10. The maximum atomic E-state index is 12.6. The maximum absolute atomic E-state index is 12.6. The Morgan fingerprint density at radius 1 is 1.04 bits per heavy atom. The van der Waals surface area contributed by atoms with Crippen molar-refractivity contribution in [1.29, 1.82) is 0 Å². The molecule has 0 atom stereocenters. The fourth-order valence-electron chi connectivity index (χ4n) is 3.14. The van der Waals surface area contributed by atoms with E-state index in [9.17, 15) is 9.59 Å². The summed E-state index contributed by atoms with van der Waals surface area (Å²) in [6.45, 7) is 1.84. The lowest BCUT2D eigenvalue weighted by atomic mass is 9.89. The molecule has 1 aliphatic heterocycles. The van der Waals surface area contributed by atoms with Gasteiger partial charge in [0.2, 0.25) is 5.91 Å². The van der Waals surface area contributed by atoms with Crippen LogP contribution in [-0.2, 0) is 4.79 Å². The van der Waals surface area contributed by atoms with Gasteiger partial charge in [-0.3, -0.25) is 14.5 Å². The van der Waals surface area contributed by atoms with Gasteiger partial charge in [0, 0.05) is 26.7 Å². The highest BCUT2D eigenvalue weighted by Gasteiger charge is 2.26. The van der Waals surface area contributed by atoms with Gasteiger partial charge in [0.25, 0.3) is 0 Å². The van der Waals surface area contributed by atoms with E-state index in [4.69, 9.17) is 11.6 Å². The summed E-state index contributed by atoms with van der Waals surface area (Å²) in [6.07, 6.45) is 1.54. The van der Waals surface area contributed by atoms with Gasteiger partial charge in [-0.25, -0.2) is 0 Å². The first-order valence-electron chi connectivity index (χ1n) is 8.59. The molecule has 1 saturated heterocycles. The van der Waals surface area contributed by atoms with Gasteiger partial charge in [-0.2, -0.15) is 0 Å². The minimum atomic E-state index is -0.0326. The van der Waals surface area contributed by atoms with E-state index in [1.54, 1.807) is 24.3 Å². The highest BCUT2D eigenvalue weighted by Crippen LogP contribution is 2.23. The fraction of sp³-hybridized carbons (Fsp3) is 0.300. The van der Waals surface area contributed by atoms with Crippen molar-refractivity contribution < 1.29 is 9.59 Å². The summed E-state index contributed by atoms with van der Waals surface area (Å²) in [7, 11) is 0. The Hall–Kier alpha value is -1.69. The van der Waals surface area contributed by atoms with Gasteiger partial charge in [0.1, 0.15) is 0 Å². The average Bonchev–Trinajstić information content (AvgIpc) is 2.64. The van der Waals surface area contributed by atoms with Crippen LogP contribution in [0.4, 0.5) is 5.69 Å². The fourth-order valence-corrected chi connectivity index (χ4v) is 3.53. The van der Waals surface area contributed by atoms with Gasteiger partial charge >= 0.3 is 0 Å². The molecule has 3 rings (SSSR count). The van der Waals surface area contributed by atoms with E-state index in [1.807, 2.05) is 24.3 Å². The highest BCUT2D eigenvalue weighted by atomic mass is 79.9. The zero-order chi connectivity index (χ0) is 18.5. The summed E-state index contributed by atoms with van der Waals surface area (Å²) in [5, 5.41) is 3.53. The van der Waals surface area contributed by atoms with Gasteiger partial charge in [-0.05, 0) is 74.5 Å². The Morgan fingerprint density at radius 3 is 2.27 bits per heavy atom. The van der Waals surface area contributed by atoms with Gasteiger partial charge in [-0.1, -0.05) is 27.5 Å². The standard InChI is InChI=1S/C20H20BrClN2O2/c21-16-3-7-18(8-4-16)23-19(25)13-24-11-9-15(10-12-24)20(26)14-1-5-17(22)6-2-14/h1-8,15H,9-13H2,(H,23,25). The summed E-state index contributed by atoms with van der Waals surface area (Å²) in [4.78, 5) is 26.9. The number of halogens is 2. The van der Waals surface area contributed by atoms with E-state index in [0.29, 0.717) is 17.1 Å². The Labute approximate surface area is 166 Å². The normalized spacial score (nSPS) is 15.6. The summed E-state index contributed by atoms with van der Waals surface area (Å²) < 4.78 is 0.975. The molecule has 1 aliphatic rings. The van der Waals surface area contributed by atoms with Crippen LogP contribution in [0.1, 0.15) is 23.2 Å². The van der Waals surface area contributed by atoms with Crippen molar-refractivity contribution in [2.45, 2.75) is 12.8 Å². The average molecular weight is 436 g/mol. The van der Waals surface area contributed by atoms with Crippen LogP contribution in [-0.4, -0.2) is 36.2 Å². The lowest BCUT2D eigenvalue weighted by Gasteiger charge is -2.30. The Kier molecular flexibility index (Phi) is 6.46. The van der Waals surface area contributed by atoms with Crippen LogP contribution in [0.15, 0.2) is 53.0 Å². The van der Waals surface area contributed by atoms with Crippen LogP contribution < -0.4 is 5.32 Å². The van der Waals surface area contributed by atoms with Gasteiger partial charge in [0.05, 0.1) is 6.54 Å². The number of benzene rings is 2. The second-order valence-corrected chi connectivity index (χ2v) is 7.83. The first-order chi connectivity index (χ1) is 12.5. The number of rotatable bonds is 5. The molecule has 136 valence electrons. The smallest absolute Gasteiger partial charge is 0.238 e. The molecular formula is C20H20BrClN2O2. The van der Waals surface area contributed by atoms with Crippen LogP contribution in [0.25, 0.3) is 0 Å². The molecule has 0 aromatic heterocycles. The van der Waals surface area contributed by atoms with E-state index in [1.165, 1.54) is 0 Å². The van der Waals surface area contributed by atoms with Crippen LogP contribution in [0.3, 0.4) is 0 Å². The monoisotopic (exact) mass is 434 g/mol. The van der Waals surface area contributed by atoms with Crippen molar-refractivity contribution in [1.82, 2.24) is 4.90 Å². The van der Waals surface area contributed by atoms with Crippen molar-refractivity contribution in [3.8, 4) is 0 Å². The number of likely N-dealkylation sites (tertiary alicyclic amines) is 1. The third-order valence-corrected chi connectivity index (χ3v) is 5.36. The number of hydrogen-bond acceptors (Lipinski definition) is 3. The maximum Gasteiger partial charge on any atom is 0.238 e. The number of carbonyl (C=O) groups is 2. The van der Waals surface area contributed by atoms with E-state index in [2.05, 4.69) is 26.1 Å². The zero-order valence-electron chi connectivity index (χ0n) is 14.3. The molecule has 2 aromatic carbocycles. The largest absolute Gasteiger partial charge is 0.325 e. The van der Waals surface area contributed by atoms with E-state index in [-0.39, 0.29) is 17.6 Å². The molecule has 0 spiro atoms. The molecule has 1 N–H and O–H groups in total. The Bertz CT molecular complexity index is 769. The minimum absolute atomic E-state index is 0.0157. The van der Waals surface area contributed by atoms with E-state index in [0.717, 1.165) is 36.1 Å². The molecule has 1 fully saturated rings. The van der Waals surface area contributed by atoms with Crippen LogP contribution in [0, 0.1) is 5.92 Å². The van der Waals surface area contributed by atoms with Crippen molar-refractivity contribution in [2.75, 3.05) is 25.0 Å². The number of ketones is 1. The summed E-state index contributed by atoms with van der Waals surface area (Å²) >= 11 is 9.25. The molecule has 6 heteroatoms. The number of carbonyl (C=O) groups excluding carboxylic acids is 2. The first kappa shape index (κ1) is 19.1. The summed E-state index contributed by atoms with van der Waals surface area (Å²) in [5.74, 6) is 0.150. The molecule has 0 radical (unpaired) electrons. The predicted molar refractivity (Wildman–Crippen MR) is 108 cm³/mol. The number of hydrogen-bond donors (Lipinski definition) is 1. The minimum Gasteiger partial charge on any atom is -0.325 e. The third-order valence-electron chi connectivity index (χ3n) is 4.58. The third kappa shape index (κ3) is 5.16. The quantitative estimate of drug-likeness (QED) is 0.696. The van der Waals surface area contributed by atoms with Crippen molar-refractivity contribution in [2.24, 2.45) is 5.92 Å². The van der Waals surface area contributed by atoms with Crippen LogP contribution in [0.2, 0.25) is 5.02 Å². The molecule has 0 unspecified atom stereocenters. The van der Waals surface area contributed by atoms with Crippen molar-refractivity contribution >= 4 is 44.9 Å². The Balaban J connectivity index is 1.47. The van der Waals surface area contributed by atoms with E-state index >= 15 is 0 Å². The Morgan fingerprint density at radius 2 is 1.65 bits per heavy atom. The predicted octanol–water partition coefficient (Wildman–Crippen LogP) is 4.64. The number of anilines is 1. The molecule has 0 bridgehead atoms. The molecule has 2 aromatic rings. The molecule has 1 amide bonds. The second-order valence-electron chi connectivity index (χ2n) is 6.48. The topological polar surface area (TPSA) is 49.4 Å². The van der Waals surface area contributed by atoms with Gasteiger partial charge in [-0.15, -0.1) is 0 Å². The second kappa shape index (κ2) is 8.80. The molecule has 26 heavy (non-hydrogen) atoms. The lowest BCUT2D eigenvalue weighted by molar-refractivity contribution is -0.117. The zero-order valence-corrected chi connectivity index (χ0v) is 16.6. The summed E-state index contributed by atoms with van der Waals surface area (Å²) in [5.41, 5.74) is 1.49. The van der Waals surface area contributed by atoms with Crippen LogP contribution in [0.5, 0.6) is 0 Å². The lowest BCUT2D eigenvalue weighted by Crippen LogP contribution is -2.40. The first-order valence-corrected chi connectivity index (χ1v) is 9.76. The van der Waals surface area contributed by atoms with Crippen LogP contribution >= 0.6 is 27.5 Å². The number of Topliss-reactive ketones (excluding diaryl/α,β-unsaturated/α-hetero) is 1. The number of amides is 1. The molecule has 1 heterocycles. The molecular weight excluding hydrogens is 416 g/mol. The SMILES string of the molecule is O=C(CN1CCC(C(=O)c2ccc(Cl)cc2)CC1)Nc1ccc(Br)cc1. The number of nitrogens with one attached hydrogen (secondary N) is 1. The van der Waals surface area contributed by atoms with Crippen molar-refractivity contribution in [3.63, 3.8) is 0 Å². The van der Waals surface area contributed by atoms with E-state index < -0.39 is 0 Å². The van der Waals surface area contributed by atoms with Crippen molar-refractivity contribution in [3.05, 3.63) is 63.6 Å². The van der Waals surface area contributed by atoms with Gasteiger partial charge in [0.15, 0.2) is 5.78 Å². The molecule has 4 nitrogen and oxygen atoms in total. The van der Waals surface area contributed by atoms with Gasteiger partial charge < -0.3 is 5.32 Å². The molecule has 0 aliphatic carbocycles. The summed E-state index contributed by atoms with van der Waals surface area (Å²) in [6, 6.07) is 14.6. The molecule has 0 saturated carbocycles. The number of nitrogens with zero attached hydrogens (tertiary/aromatic N) is 1.